The van der Waals surface area contributed by atoms with Gasteiger partial charge in [0.1, 0.15) is 23.0 Å². The third-order valence-electron chi connectivity index (χ3n) is 5.13. The highest BCUT2D eigenvalue weighted by Crippen LogP contribution is 2.11. The van der Waals surface area contributed by atoms with Crippen molar-refractivity contribution in [2.45, 2.75) is 0 Å². The molecule has 6 nitrogen and oxygen atoms in total. The van der Waals surface area contributed by atoms with Crippen LogP contribution in [-0.4, -0.2) is 29.5 Å². The van der Waals surface area contributed by atoms with E-state index in [0.717, 1.165) is 20.5 Å². The summed E-state index contributed by atoms with van der Waals surface area (Å²) in [5.74, 6) is 7.87. The molecule has 0 saturated carbocycles. The molecule has 4 heterocycles. The Morgan fingerprint density at radius 1 is 0.634 bits per heavy atom. The van der Waals surface area contributed by atoms with Crippen LogP contribution in [0.1, 0.15) is 17.0 Å². The zero-order valence-corrected chi connectivity index (χ0v) is 23.6. The number of aromatic nitrogens is 6. The summed E-state index contributed by atoms with van der Waals surface area (Å²) in [6.45, 7) is 0. The number of terminal acetylenes is 1. The number of rotatable bonds is 2. The predicted molar refractivity (Wildman–Crippen MR) is 162 cm³/mol. The highest BCUT2D eigenvalue weighted by molar-refractivity contribution is 14.1. The Balaban J connectivity index is 0.000000158. The zero-order chi connectivity index (χ0) is 28.9. The molecule has 0 aliphatic heterocycles. The summed E-state index contributed by atoms with van der Waals surface area (Å²) in [7, 11) is 0. The van der Waals surface area contributed by atoms with E-state index in [0.29, 0.717) is 11.4 Å². The fourth-order valence-electron chi connectivity index (χ4n) is 3.18. The largest absolute Gasteiger partial charge is 0.248 e. The van der Waals surface area contributed by atoms with Crippen LogP contribution < -0.4 is 0 Å². The van der Waals surface area contributed by atoms with Gasteiger partial charge in [-0.2, -0.15) is 10.2 Å². The smallest absolute Gasteiger partial charge is 0.123 e. The van der Waals surface area contributed by atoms with Gasteiger partial charge in [-0.3, -0.25) is 0 Å². The average Bonchev–Trinajstić information content (AvgIpc) is 3.68. The van der Waals surface area contributed by atoms with Crippen molar-refractivity contribution in [3.63, 3.8) is 0 Å². The molecule has 0 N–H and O–H groups in total. The molecule has 0 aliphatic rings. The van der Waals surface area contributed by atoms with Gasteiger partial charge in [0.2, 0.25) is 0 Å². The van der Waals surface area contributed by atoms with Gasteiger partial charge in [-0.15, -0.1) is 6.42 Å². The molecule has 0 radical (unpaired) electrons. The summed E-state index contributed by atoms with van der Waals surface area (Å²) in [6, 6.07) is 23.4. The fourth-order valence-corrected chi connectivity index (χ4v) is 3.57. The zero-order valence-electron chi connectivity index (χ0n) is 21.4. The first-order valence-electron chi connectivity index (χ1n) is 12.1. The molecule has 0 unspecified atom stereocenters. The van der Waals surface area contributed by atoms with E-state index >= 15 is 0 Å². The maximum atomic E-state index is 12.9. The van der Waals surface area contributed by atoms with Crippen molar-refractivity contribution in [1.29, 1.82) is 0 Å². The van der Waals surface area contributed by atoms with Gasteiger partial charge < -0.3 is 0 Å². The van der Waals surface area contributed by atoms with Gasteiger partial charge in [0, 0.05) is 24.8 Å². The molecule has 0 saturated heterocycles. The average molecular weight is 654 g/mol. The first kappa shape index (κ1) is 28.9. The Labute approximate surface area is 249 Å². The standard InChI is InChI=1S/C16H10FN3.C9H6FIN2.C7H5N/c17-14-5-8-16(9-6-14)20-12-13(11-19-20)4-7-15-3-1-2-10-18-15;10-7-1-3-9(4-2-7)13-6-8(11)5-12-13;1-2-7-5-3-4-6-8-7/h1-3,5-6,8-12H;1-6H;1,3-6H. The van der Waals surface area contributed by atoms with Crippen LogP contribution in [0.25, 0.3) is 11.4 Å². The molecule has 6 rings (SSSR count). The van der Waals surface area contributed by atoms with Crippen molar-refractivity contribution in [2.24, 2.45) is 0 Å². The molecule has 0 fully saturated rings. The van der Waals surface area contributed by atoms with Gasteiger partial charge in [-0.1, -0.05) is 24.0 Å². The molecule has 0 atom stereocenters. The molecule has 0 bridgehead atoms. The number of hydrogen-bond acceptors (Lipinski definition) is 4. The lowest BCUT2D eigenvalue weighted by atomic mass is 10.3. The van der Waals surface area contributed by atoms with E-state index in [4.69, 9.17) is 6.42 Å². The summed E-state index contributed by atoms with van der Waals surface area (Å²) in [4.78, 5) is 7.99. The third-order valence-corrected chi connectivity index (χ3v) is 5.69. The van der Waals surface area contributed by atoms with E-state index in [1.54, 1.807) is 70.7 Å². The maximum absolute atomic E-state index is 12.9. The van der Waals surface area contributed by atoms with Crippen LogP contribution in [0.15, 0.2) is 122 Å². The van der Waals surface area contributed by atoms with Gasteiger partial charge in [-0.05, 0) is 101 Å². The van der Waals surface area contributed by atoms with Crippen molar-refractivity contribution < 1.29 is 8.78 Å². The summed E-state index contributed by atoms with van der Waals surface area (Å²) in [5, 5.41) is 8.30. The van der Waals surface area contributed by atoms with Crippen LogP contribution in [0.3, 0.4) is 0 Å². The van der Waals surface area contributed by atoms with E-state index in [1.807, 2.05) is 36.5 Å². The Hall–Kier alpha value is -5.13. The second-order valence-electron chi connectivity index (χ2n) is 8.05. The minimum atomic E-state index is -0.268. The molecule has 9 heteroatoms. The quantitative estimate of drug-likeness (QED) is 0.158. The van der Waals surface area contributed by atoms with Crippen molar-refractivity contribution in [2.75, 3.05) is 0 Å². The van der Waals surface area contributed by atoms with Crippen molar-refractivity contribution in [3.05, 3.63) is 154 Å². The lowest BCUT2D eigenvalue weighted by Crippen LogP contribution is -1.93. The summed E-state index contributed by atoms with van der Waals surface area (Å²) < 4.78 is 29.9. The first-order valence-corrected chi connectivity index (χ1v) is 13.2. The third kappa shape index (κ3) is 9.24. The molecule has 200 valence electrons. The van der Waals surface area contributed by atoms with Crippen molar-refractivity contribution in [1.82, 2.24) is 29.5 Å². The highest BCUT2D eigenvalue weighted by Gasteiger charge is 2.00. The molecular weight excluding hydrogens is 633 g/mol. The minimum absolute atomic E-state index is 0.231. The van der Waals surface area contributed by atoms with Gasteiger partial charge in [0.15, 0.2) is 0 Å². The number of hydrogen-bond donors (Lipinski definition) is 0. The van der Waals surface area contributed by atoms with Crippen LogP contribution in [0.2, 0.25) is 0 Å². The van der Waals surface area contributed by atoms with Gasteiger partial charge in [0.25, 0.3) is 0 Å². The molecule has 41 heavy (non-hydrogen) atoms. The molecule has 0 spiro atoms. The first-order chi connectivity index (χ1) is 20.0. The van der Waals surface area contributed by atoms with E-state index < -0.39 is 0 Å². The number of nitrogens with zero attached hydrogens (tertiary/aromatic N) is 6. The second-order valence-corrected chi connectivity index (χ2v) is 9.30. The molecule has 4 aromatic heterocycles. The van der Waals surface area contributed by atoms with Crippen LogP contribution in [0.4, 0.5) is 8.78 Å². The topological polar surface area (TPSA) is 61.4 Å². The summed E-state index contributed by atoms with van der Waals surface area (Å²) >= 11 is 2.18. The molecular formula is C32H21F2IN6. The van der Waals surface area contributed by atoms with Gasteiger partial charge >= 0.3 is 0 Å². The SMILES string of the molecule is C#Cc1ccccn1.Fc1ccc(-n2cc(C#Cc3ccccn3)cn2)cc1.Fc1ccc(-n2cc(I)cn2)cc1. The lowest BCUT2D eigenvalue weighted by Gasteiger charge is -1.99. The molecule has 0 aliphatic carbocycles. The normalized spacial score (nSPS) is 9.61. The van der Waals surface area contributed by atoms with Crippen molar-refractivity contribution in [3.8, 4) is 35.6 Å². The van der Waals surface area contributed by atoms with E-state index in [2.05, 4.69) is 60.5 Å². The number of pyridine rings is 2. The summed E-state index contributed by atoms with van der Waals surface area (Å²) in [6.07, 6.45) is 15.5. The van der Waals surface area contributed by atoms with E-state index in [9.17, 15) is 8.78 Å². The Kier molecular flexibility index (Phi) is 10.5. The number of benzene rings is 2. The lowest BCUT2D eigenvalue weighted by molar-refractivity contribution is 0.626. The minimum Gasteiger partial charge on any atom is -0.248 e. The van der Waals surface area contributed by atoms with E-state index in [1.165, 1.54) is 24.3 Å². The van der Waals surface area contributed by atoms with E-state index in [-0.39, 0.29) is 11.6 Å². The maximum Gasteiger partial charge on any atom is 0.123 e. The van der Waals surface area contributed by atoms with Crippen LogP contribution in [0.5, 0.6) is 0 Å². The molecule has 6 aromatic rings. The second kappa shape index (κ2) is 14.9. The molecule has 2 aromatic carbocycles. The monoisotopic (exact) mass is 654 g/mol. The summed E-state index contributed by atoms with van der Waals surface area (Å²) in [5.41, 5.74) is 3.83. The van der Waals surface area contributed by atoms with Crippen LogP contribution in [0, 0.1) is 39.4 Å². The van der Waals surface area contributed by atoms with Gasteiger partial charge in [-0.25, -0.2) is 28.1 Å². The molecule has 0 amide bonds. The van der Waals surface area contributed by atoms with Crippen molar-refractivity contribution >= 4 is 22.6 Å². The fraction of sp³-hybridized carbons (Fsp3) is 0. The number of halogens is 3. The Bertz CT molecular complexity index is 1760. The Morgan fingerprint density at radius 3 is 1.63 bits per heavy atom. The van der Waals surface area contributed by atoms with Crippen LogP contribution >= 0.6 is 22.6 Å². The highest BCUT2D eigenvalue weighted by atomic mass is 127. The van der Waals surface area contributed by atoms with Gasteiger partial charge in [0.05, 0.1) is 32.9 Å². The Morgan fingerprint density at radius 2 is 1.17 bits per heavy atom. The predicted octanol–water partition coefficient (Wildman–Crippen LogP) is 6.49. The van der Waals surface area contributed by atoms with Crippen LogP contribution in [-0.2, 0) is 0 Å².